The predicted molar refractivity (Wildman–Crippen MR) is 123 cm³/mol. The van der Waals surface area contributed by atoms with E-state index in [1.807, 2.05) is 31.4 Å². The summed E-state index contributed by atoms with van der Waals surface area (Å²) < 4.78 is 0. The molecule has 2 fully saturated rings. The summed E-state index contributed by atoms with van der Waals surface area (Å²) in [5.74, 6) is 2.34. The molecule has 0 aliphatic carbocycles. The predicted octanol–water partition coefficient (Wildman–Crippen LogP) is 3.01. The smallest absolute Gasteiger partial charge is 0.237 e. The average Bonchev–Trinajstić information content (AvgIpc) is 3.44. The van der Waals surface area contributed by atoms with Gasteiger partial charge in [-0.25, -0.2) is 4.98 Å². The Kier molecular flexibility index (Phi) is 5.49. The van der Waals surface area contributed by atoms with Crippen LogP contribution < -0.4 is 16.0 Å². The SMILES string of the molecule is CCNCC(=O)N1[C@@H]2CC[C@H]1CC(Nc1nc(Nc3cc(C)[nH]n3)c3ccsc3n1)C2. The lowest BCUT2D eigenvalue weighted by Crippen LogP contribution is -2.52. The Balaban J connectivity index is 1.32. The summed E-state index contributed by atoms with van der Waals surface area (Å²) in [6, 6.07) is 4.85. The molecule has 164 valence electrons. The van der Waals surface area contributed by atoms with Gasteiger partial charge in [0.2, 0.25) is 11.9 Å². The summed E-state index contributed by atoms with van der Waals surface area (Å²) in [6.07, 6.45) is 4.02. The molecule has 2 aliphatic heterocycles. The normalized spacial score (nSPS) is 22.8. The molecule has 9 nitrogen and oxygen atoms in total. The summed E-state index contributed by atoms with van der Waals surface area (Å²) in [6.45, 7) is 5.24. The number of amides is 1. The molecular formula is C21H28N8OS. The molecule has 5 rings (SSSR count). The first-order chi connectivity index (χ1) is 15.1. The van der Waals surface area contributed by atoms with Crippen molar-refractivity contribution in [2.45, 2.75) is 57.7 Å². The fraction of sp³-hybridized carbons (Fsp3) is 0.524. The van der Waals surface area contributed by atoms with Crippen molar-refractivity contribution in [3.63, 3.8) is 0 Å². The monoisotopic (exact) mass is 440 g/mol. The summed E-state index contributed by atoms with van der Waals surface area (Å²) in [4.78, 5) is 25.2. The molecule has 3 aromatic heterocycles. The molecule has 3 aromatic rings. The van der Waals surface area contributed by atoms with Gasteiger partial charge in [-0.1, -0.05) is 6.92 Å². The van der Waals surface area contributed by atoms with Gasteiger partial charge < -0.3 is 20.9 Å². The number of H-pyrrole nitrogens is 1. The third kappa shape index (κ3) is 4.09. The lowest BCUT2D eigenvalue weighted by molar-refractivity contribution is -0.134. The van der Waals surface area contributed by atoms with E-state index in [1.165, 1.54) is 0 Å². The van der Waals surface area contributed by atoms with Crippen LogP contribution in [0.15, 0.2) is 17.5 Å². The minimum absolute atomic E-state index is 0.227. The zero-order chi connectivity index (χ0) is 21.4. The van der Waals surface area contributed by atoms with E-state index in [1.54, 1.807) is 11.3 Å². The number of rotatable bonds is 7. The molecule has 2 aliphatic rings. The number of piperidine rings is 1. The summed E-state index contributed by atoms with van der Waals surface area (Å²) in [5, 5.41) is 20.3. The van der Waals surface area contributed by atoms with Crippen LogP contribution in [-0.2, 0) is 4.79 Å². The molecule has 4 N–H and O–H groups in total. The van der Waals surface area contributed by atoms with Gasteiger partial charge in [0.25, 0.3) is 0 Å². The van der Waals surface area contributed by atoms with Crippen LogP contribution in [0.3, 0.4) is 0 Å². The first-order valence-corrected chi connectivity index (χ1v) is 11.8. The number of nitrogens with one attached hydrogen (secondary N) is 4. The van der Waals surface area contributed by atoms with Crippen molar-refractivity contribution >= 4 is 45.0 Å². The number of hydrogen-bond acceptors (Lipinski definition) is 8. The highest BCUT2D eigenvalue weighted by Gasteiger charge is 2.43. The number of aromatic nitrogens is 4. The average molecular weight is 441 g/mol. The fourth-order valence-electron chi connectivity index (χ4n) is 4.83. The number of anilines is 3. The quantitative estimate of drug-likeness (QED) is 0.447. The van der Waals surface area contributed by atoms with E-state index < -0.39 is 0 Å². The largest absolute Gasteiger partial charge is 0.351 e. The number of fused-ring (bicyclic) bond motifs is 3. The molecule has 0 spiro atoms. The Hall–Kier alpha value is -2.72. The van der Waals surface area contributed by atoms with Crippen molar-refractivity contribution in [2.75, 3.05) is 23.7 Å². The van der Waals surface area contributed by atoms with Gasteiger partial charge in [0.15, 0.2) is 5.82 Å². The molecule has 5 heterocycles. The second-order valence-corrected chi connectivity index (χ2v) is 9.27. The Labute approximate surface area is 185 Å². The first kappa shape index (κ1) is 20.2. The third-order valence-electron chi connectivity index (χ3n) is 6.16. The topological polar surface area (TPSA) is 111 Å². The maximum absolute atomic E-state index is 12.6. The summed E-state index contributed by atoms with van der Waals surface area (Å²) in [5.41, 5.74) is 0.988. The molecule has 0 radical (unpaired) electrons. The van der Waals surface area contributed by atoms with Crippen molar-refractivity contribution in [3.8, 4) is 0 Å². The van der Waals surface area contributed by atoms with Crippen molar-refractivity contribution in [1.29, 1.82) is 0 Å². The van der Waals surface area contributed by atoms with Crippen LogP contribution in [0.2, 0.25) is 0 Å². The molecule has 1 amide bonds. The van der Waals surface area contributed by atoms with Gasteiger partial charge >= 0.3 is 0 Å². The second kappa shape index (κ2) is 8.43. The number of aromatic amines is 1. The number of aryl methyl sites for hydroxylation is 1. The fourth-order valence-corrected chi connectivity index (χ4v) is 5.59. The van der Waals surface area contributed by atoms with Gasteiger partial charge in [0.1, 0.15) is 10.6 Å². The van der Waals surface area contributed by atoms with E-state index in [0.29, 0.717) is 24.6 Å². The Morgan fingerprint density at radius 3 is 2.81 bits per heavy atom. The van der Waals surface area contributed by atoms with Crippen molar-refractivity contribution < 1.29 is 4.79 Å². The molecule has 10 heteroatoms. The van der Waals surface area contributed by atoms with Gasteiger partial charge in [-0.05, 0) is 50.6 Å². The van der Waals surface area contributed by atoms with Crippen LogP contribution in [0.1, 0.15) is 38.3 Å². The van der Waals surface area contributed by atoms with Crippen LogP contribution in [0.4, 0.5) is 17.6 Å². The summed E-state index contributed by atoms with van der Waals surface area (Å²) >= 11 is 1.60. The second-order valence-electron chi connectivity index (χ2n) is 8.38. The van der Waals surface area contributed by atoms with Gasteiger partial charge in [-0.3, -0.25) is 9.89 Å². The van der Waals surface area contributed by atoms with E-state index in [2.05, 4.69) is 31.0 Å². The van der Waals surface area contributed by atoms with E-state index in [0.717, 1.165) is 59.8 Å². The van der Waals surface area contributed by atoms with Gasteiger partial charge in [-0.15, -0.1) is 11.3 Å². The number of nitrogens with zero attached hydrogens (tertiary/aromatic N) is 4. The third-order valence-corrected chi connectivity index (χ3v) is 6.96. The van der Waals surface area contributed by atoms with E-state index in [4.69, 9.17) is 9.97 Å². The standard InChI is InChI=1S/C21H28N8OS/c1-3-22-11-18(30)29-14-4-5-15(29)10-13(9-14)23-21-25-19(16-6-7-31-20(16)26-21)24-17-8-12(2)27-28-17/h6-8,13-15,22H,3-5,9-11H2,1-2H3,(H3,23,24,25,26,27,28)/t13?,14-,15+. The minimum atomic E-state index is 0.227. The number of likely N-dealkylation sites (N-methyl/N-ethyl adjacent to an activating group) is 1. The van der Waals surface area contributed by atoms with Crippen molar-refractivity contribution in [1.82, 2.24) is 30.4 Å². The van der Waals surface area contributed by atoms with Crippen LogP contribution >= 0.6 is 11.3 Å². The lowest BCUT2D eigenvalue weighted by Gasteiger charge is -2.39. The summed E-state index contributed by atoms with van der Waals surface area (Å²) in [7, 11) is 0. The zero-order valence-electron chi connectivity index (χ0n) is 17.8. The molecule has 2 bridgehead atoms. The lowest BCUT2D eigenvalue weighted by atomic mass is 9.97. The maximum Gasteiger partial charge on any atom is 0.237 e. The Morgan fingerprint density at radius 2 is 2.10 bits per heavy atom. The van der Waals surface area contributed by atoms with Gasteiger partial charge in [0, 0.05) is 29.9 Å². The molecular weight excluding hydrogens is 412 g/mol. The Morgan fingerprint density at radius 1 is 1.29 bits per heavy atom. The zero-order valence-corrected chi connectivity index (χ0v) is 18.6. The highest BCUT2D eigenvalue weighted by molar-refractivity contribution is 7.16. The van der Waals surface area contributed by atoms with Gasteiger partial charge in [0.05, 0.1) is 11.9 Å². The van der Waals surface area contributed by atoms with Gasteiger partial charge in [-0.2, -0.15) is 10.1 Å². The number of thiophene rings is 1. The number of hydrogen-bond donors (Lipinski definition) is 4. The molecule has 2 saturated heterocycles. The molecule has 31 heavy (non-hydrogen) atoms. The van der Waals surface area contributed by atoms with E-state index in [9.17, 15) is 4.79 Å². The molecule has 0 saturated carbocycles. The van der Waals surface area contributed by atoms with E-state index in [-0.39, 0.29) is 11.9 Å². The van der Waals surface area contributed by atoms with Crippen LogP contribution in [0.25, 0.3) is 10.2 Å². The number of carbonyl (C=O) groups excluding carboxylic acids is 1. The van der Waals surface area contributed by atoms with Crippen molar-refractivity contribution in [2.24, 2.45) is 0 Å². The maximum atomic E-state index is 12.6. The Bertz CT molecular complexity index is 1060. The van der Waals surface area contributed by atoms with Crippen LogP contribution in [0.5, 0.6) is 0 Å². The molecule has 3 atom stereocenters. The van der Waals surface area contributed by atoms with E-state index >= 15 is 0 Å². The highest BCUT2D eigenvalue weighted by Crippen LogP contribution is 2.37. The first-order valence-electron chi connectivity index (χ1n) is 10.9. The number of carbonyl (C=O) groups is 1. The minimum Gasteiger partial charge on any atom is -0.351 e. The van der Waals surface area contributed by atoms with Crippen molar-refractivity contribution in [3.05, 3.63) is 23.2 Å². The highest BCUT2D eigenvalue weighted by atomic mass is 32.1. The molecule has 0 aromatic carbocycles. The molecule has 1 unspecified atom stereocenters. The van der Waals surface area contributed by atoms with Crippen LogP contribution in [0, 0.1) is 6.92 Å². The van der Waals surface area contributed by atoms with Crippen LogP contribution in [-0.4, -0.2) is 62.2 Å².